The molecule has 4 nitrogen and oxygen atoms in total. The average molecular weight is 388 g/mol. The lowest BCUT2D eigenvalue weighted by molar-refractivity contribution is 0.315. The van der Waals surface area contributed by atoms with Crippen molar-refractivity contribution in [1.82, 2.24) is 0 Å². The third-order valence-corrected chi connectivity index (χ3v) is 5.53. The van der Waals surface area contributed by atoms with Crippen LogP contribution in [-0.4, -0.2) is 39.1 Å². The van der Waals surface area contributed by atoms with Crippen LogP contribution in [0.25, 0.3) is 0 Å². The van der Waals surface area contributed by atoms with Crippen LogP contribution in [0.5, 0.6) is 0 Å². The molecule has 0 bridgehead atoms. The van der Waals surface area contributed by atoms with Crippen LogP contribution in [0.15, 0.2) is 84.0 Å². The van der Waals surface area contributed by atoms with Gasteiger partial charge in [0.1, 0.15) is 0 Å². The van der Waals surface area contributed by atoms with Crippen molar-refractivity contribution in [3.63, 3.8) is 0 Å². The van der Waals surface area contributed by atoms with E-state index in [9.17, 15) is 5.21 Å². The van der Waals surface area contributed by atoms with E-state index in [1.165, 1.54) is 0 Å². The summed E-state index contributed by atoms with van der Waals surface area (Å²) in [5, 5.41) is 13.6. The van der Waals surface area contributed by atoms with Crippen LogP contribution < -0.4 is 9.80 Å². The minimum Gasteiger partial charge on any atom is -0.411 e. The highest BCUT2D eigenvalue weighted by molar-refractivity contribution is 6.00. The van der Waals surface area contributed by atoms with Gasteiger partial charge in [0, 0.05) is 39.6 Å². The standard InChI is InChI=1S/C25H29N3O/c1-19(26-29)25(20-9-7-6-8-10-20,21-11-15-23(16-12-21)27(2)3)22-13-17-24(18-14-22)28(4)5/h6-18,29H,1-5H3/b26-19+. The van der Waals surface area contributed by atoms with E-state index >= 15 is 0 Å². The Hall–Kier alpha value is -3.27. The molecule has 4 heteroatoms. The normalized spacial score (nSPS) is 12.0. The first-order valence-corrected chi connectivity index (χ1v) is 9.71. The number of benzene rings is 3. The van der Waals surface area contributed by atoms with Crippen LogP contribution in [0.3, 0.4) is 0 Å². The maximum absolute atomic E-state index is 9.91. The number of anilines is 2. The van der Waals surface area contributed by atoms with Crippen molar-refractivity contribution in [1.29, 1.82) is 0 Å². The van der Waals surface area contributed by atoms with Gasteiger partial charge in [-0.2, -0.15) is 0 Å². The van der Waals surface area contributed by atoms with Gasteiger partial charge >= 0.3 is 0 Å². The summed E-state index contributed by atoms with van der Waals surface area (Å²) in [6.07, 6.45) is 0. The summed E-state index contributed by atoms with van der Waals surface area (Å²) in [5.74, 6) is 0. The minimum absolute atomic E-state index is 0.624. The van der Waals surface area contributed by atoms with Gasteiger partial charge in [0.2, 0.25) is 0 Å². The lowest BCUT2D eigenvalue weighted by atomic mass is 9.66. The SMILES string of the molecule is C/C(=N\O)C(c1ccccc1)(c1ccc(N(C)C)cc1)c1ccc(N(C)C)cc1. The molecule has 0 aliphatic carbocycles. The van der Waals surface area contributed by atoms with E-state index in [0.29, 0.717) is 5.71 Å². The van der Waals surface area contributed by atoms with E-state index in [-0.39, 0.29) is 0 Å². The van der Waals surface area contributed by atoms with Crippen molar-refractivity contribution in [3.8, 4) is 0 Å². The number of rotatable bonds is 6. The third kappa shape index (κ3) is 3.70. The van der Waals surface area contributed by atoms with Crippen molar-refractivity contribution >= 4 is 17.1 Å². The van der Waals surface area contributed by atoms with Crippen LogP contribution in [0.1, 0.15) is 23.6 Å². The Bertz CT molecular complexity index is 908. The fraction of sp³-hybridized carbons (Fsp3) is 0.240. The van der Waals surface area contributed by atoms with E-state index < -0.39 is 5.41 Å². The van der Waals surface area contributed by atoms with Gasteiger partial charge in [-0.05, 0) is 47.9 Å². The highest BCUT2D eigenvalue weighted by Gasteiger charge is 2.40. The number of hydrogen-bond donors (Lipinski definition) is 1. The number of oxime groups is 1. The van der Waals surface area contributed by atoms with Gasteiger partial charge in [0.15, 0.2) is 0 Å². The Labute approximate surface area is 173 Å². The Morgan fingerprint density at radius 2 is 1.03 bits per heavy atom. The zero-order chi connectivity index (χ0) is 21.0. The Kier molecular flexibility index (Phi) is 5.92. The predicted molar refractivity (Wildman–Crippen MR) is 123 cm³/mol. The molecule has 0 saturated carbocycles. The molecule has 0 aliphatic heterocycles. The van der Waals surface area contributed by atoms with Crippen LogP contribution in [0.2, 0.25) is 0 Å². The van der Waals surface area contributed by atoms with Crippen molar-refractivity contribution in [2.24, 2.45) is 5.16 Å². The molecule has 3 rings (SSSR count). The molecule has 29 heavy (non-hydrogen) atoms. The van der Waals surface area contributed by atoms with Crippen molar-refractivity contribution in [2.45, 2.75) is 12.3 Å². The maximum atomic E-state index is 9.91. The molecule has 150 valence electrons. The summed E-state index contributed by atoms with van der Waals surface area (Å²) < 4.78 is 0. The first-order valence-electron chi connectivity index (χ1n) is 9.71. The van der Waals surface area contributed by atoms with E-state index in [2.05, 4.69) is 75.6 Å². The molecule has 0 aliphatic rings. The molecule has 0 spiro atoms. The van der Waals surface area contributed by atoms with Crippen LogP contribution in [0, 0.1) is 0 Å². The Morgan fingerprint density at radius 1 is 0.655 bits per heavy atom. The Morgan fingerprint density at radius 3 is 1.38 bits per heavy atom. The quantitative estimate of drug-likeness (QED) is 0.280. The molecular weight excluding hydrogens is 358 g/mol. The fourth-order valence-corrected chi connectivity index (χ4v) is 3.91. The summed E-state index contributed by atoms with van der Waals surface area (Å²) >= 11 is 0. The summed E-state index contributed by atoms with van der Waals surface area (Å²) in [7, 11) is 8.11. The molecule has 0 atom stereocenters. The zero-order valence-electron chi connectivity index (χ0n) is 17.8. The molecule has 0 fully saturated rings. The highest BCUT2D eigenvalue weighted by atomic mass is 16.4. The van der Waals surface area contributed by atoms with Gasteiger partial charge in [-0.3, -0.25) is 0 Å². The molecule has 0 saturated heterocycles. The first-order chi connectivity index (χ1) is 13.9. The summed E-state index contributed by atoms with van der Waals surface area (Å²) in [5.41, 5.74) is 5.36. The van der Waals surface area contributed by atoms with Crippen LogP contribution >= 0.6 is 0 Å². The molecule has 0 unspecified atom stereocenters. The zero-order valence-corrected chi connectivity index (χ0v) is 17.8. The van der Waals surface area contributed by atoms with E-state index in [4.69, 9.17) is 0 Å². The van der Waals surface area contributed by atoms with Gasteiger partial charge in [0.25, 0.3) is 0 Å². The summed E-state index contributed by atoms with van der Waals surface area (Å²) in [6.45, 7) is 1.88. The smallest absolute Gasteiger partial charge is 0.0865 e. The lowest BCUT2D eigenvalue weighted by Crippen LogP contribution is -2.37. The van der Waals surface area contributed by atoms with E-state index in [1.54, 1.807) is 0 Å². The highest BCUT2D eigenvalue weighted by Crippen LogP contribution is 2.41. The molecule has 0 aromatic heterocycles. The molecule has 0 heterocycles. The van der Waals surface area contributed by atoms with E-state index in [0.717, 1.165) is 28.1 Å². The Balaban J connectivity index is 2.32. The second kappa shape index (κ2) is 8.39. The van der Waals surface area contributed by atoms with E-state index in [1.807, 2.05) is 53.3 Å². The van der Waals surface area contributed by atoms with Gasteiger partial charge < -0.3 is 15.0 Å². The fourth-order valence-electron chi connectivity index (χ4n) is 3.91. The molecule has 3 aromatic carbocycles. The molecular formula is C25H29N3O. The second-order valence-electron chi connectivity index (χ2n) is 7.68. The monoisotopic (exact) mass is 387 g/mol. The van der Waals surface area contributed by atoms with Gasteiger partial charge in [-0.25, -0.2) is 0 Å². The summed E-state index contributed by atoms with van der Waals surface area (Å²) in [4.78, 5) is 4.15. The minimum atomic E-state index is -0.689. The second-order valence-corrected chi connectivity index (χ2v) is 7.68. The third-order valence-electron chi connectivity index (χ3n) is 5.53. The average Bonchev–Trinajstić information content (AvgIpc) is 2.75. The molecule has 0 amide bonds. The van der Waals surface area contributed by atoms with Gasteiger partial charge in [-0.15, -0.1) is 0 Å². The van der Waals surface area contributed by atoms with Crippen LogP contribution in [0.4, 0.5) is 11.4 Å². The largest absolute Gasteiger partial charge is 0.411 e. The number of nitrogens with zero attached hydrogens (tertiary/aromatic N) is 3. The van der Waals surface area contributed by atoms with Crippen molar-refractivity contribution in [3.05, 3.63) is 95.6 Å². The maximum Gasteiger partial charge on any atom is 0.0865 e. The predicted octanol–water partition coefficient (Wildman–Crippen LogP) is 5.00. The van der Waals surface area contributed by atoms with Gasteiger partial charge in [-0.1, -0.05) is 59.8 Å². The van der Waals surface area contributed by atoms with Gasteiger partial charge in [0.05, 0.1) is 11.1 Å². The number of hydrogen-bond acceptors (Lipinski definition) is 4. The van der Waals surface area contributed by atoms with Crippen molar-refractivity contribution in [2.75, 3.05) is 38.0 Å². The molecule has 1 N–H and O–H groups in total. The lowest BCUT2D eigenvalue weighted by Gasteiger charge is -2.36. The molecule has 0 radical (unpaired) electrons. The first kappa shape index (κ1) is 20.5. The van der Waals surface area contributed by atoms with Crippen LogP contribution in [-0.2, 0) is 5.41 Å². The summed E-state index contributed by atoms with van der Waals surface area (Å²) in [6, 6.07) is 27.1. The topological polar surface area (TPSA) is 39.1 Å². The van der Waals surface area contributed by atoms with Crippen molar-refractivity contribution < 1.29 is 5.21 Å². The molecule has 3 aromatic rings.